The first-order valence-corrected chi connectivity index (χ1v) is 6.25. The van der Waals surface area contributed by atoms with Gasteiger partial charge >= 0.3 is 0 Å². The molecular weight excluding hydrogens is 282 g/mol. The third kappa shape index (κ3) is 4.00. The smallest absolute Gasteiger partial charge is 0.283 e. The lowest BCUT2D eigenvalue weighted by Crippen LogP contribution is -2.26. The van der Waals surface area contributed by atoms with Gasteiger partial charge in [0.25, 0.3) is 5.56 Å². The highest BCUT2D eigenvalue weighted by Gasteiger charge is 2.12. The van der Waals surface area contributed by atoms with E-state index in [1.807, 2.05) is 0 Å². The van der Waals surface area contributed by atoms with E-state index in [1.54, 1.807) is 12.3 Å². The second-order valence-corrected chi connectivity index (χ2v) is 5.86. The lowest BCUT2D eigenvalue weighted by Gasteiger charge is -2.20. The minimum absolute atomic E-state index is 0.148. The van der Waals surface area contributed by atoms with Crippen molar-refractivity contribution in [1.82, 2.24) is 9.78 Å². The summed E-state index contributed by atoms with van der Waals surface area (Å²) in [4.78, 5) is 11.9. The summed E-state index contributed by atoms with van der Waals surface area (Å²) in [5, 5.41) is 7.28. The van der Waals surface area contributed by atoms with Crippen LogP contribution in [0.25, 0.3) is 0 Å². The molecule has 0 fully saturated rings. The number of anilines is 1. The number of hydrogen-bond acceptors (Lipinski definition) is 3. The summed E-state index contributed by atoms with van der Waals surface area (Å²) in [6.45, 7) is 11.2. The van der Waals surface area contributed by atoms with Crippen molar-refractivity contribution < 1.29 is 0 Å². The number of halogens is 1. The Kier molecular flexibility index (Phi) is 4.51. The van der Waals surface area contributed by atoms with Crippen LogP contribution in [0.15, 0.2) is 28.1 Å². The Morgan fingerprint density at radius 3 is 2.76 bits per heavy atom. The molecule has 0 saturated heterocycles. The Hall–Kier alpha value is -1.10. The molecule has 0 amide bonds. The Morgan fingerprint density at radius 1 is 1.59 bits per heavy atom. The normalized spacial score (nSPS) is 11.3. The van der Waals surface area contributed by atoms with E-state index in [1.165, 1.54) is 4.68 Å². The first kappa shape index (κ1) is 14.0. The summed E-state index contributed by atoms with van der Waals surface area (Å²) >= 11 is 3.30. The SMILES string of the molecule is C=CCn1ncc(NCC(C)(C)C)c(Br)c1=O. The molecule has 1 aromatic rings. The lowest BCUT2D eigenvalue weighted by atomic mass is 9.97. The fourth-order valence-corrected chi connectivity index (χ4v) is 1.65. The van der Waals surface area contributed by atoms with Gasteiger partial charge in [-0.15, -0.1) is 6.58 Å². The van der Waals surface area contributed by atoms with Crippen LogP contribution in [-0.4, -0.2) is 16.3 Å². The Morgan fingerprint density at radius 2 is 2.24 bits per heavy atom. The van der Waals surface area contributed by atoms with Crippen molar-refractivity contribution in [2.75, 3.05) is 11.9 Å². The van der Waals surface area contributed by atoms with Crippen molar-refractivity contribution in [2.24, 2.45) is 5.41 Å². The van der Waals surface area contributed by atoms with Gasteiger partial charge in [0.2, 0.25) is 0 Å². The standard InChI is InChI=1S/C12H18BrN3O/c1-5-6-16-11(17)10(13)9(7-15-16)14-8-12(2,3)4/h5,7,14H,1,6,8H2,2-4H3. The first-order valence-electron chi connectivity index (χ1n) is 5.45. The molecule has 0 bridgehead atoms. The Labute approximate surface area is 110 Å². The molecule has 1 aromatic heterocycles. The average molecular weight is 300 g/mol. The van der Waals surface area contributed by atoms with E-state index in [-0.39, 0.29) is 11.0 Å². The highest BCUT2D eigenvalue weighted by molar-refractivity contribution is 9.10. The van der Waals surface area contributed by atoms with Crippen molar-refractivity contribution in [2.45, 2.75) is 27.3 Å². The fourth-order valence-electron chi connectivity index (χ4n) is 1.20. The quantitative estimate of drug-likeness (QED) is 0.870. The van der Waals surface area contributed by atoms with Crippen LogP contribution in [0, 0.1) is 5.41 Å². The maximum Gasteiger partial charge on any atom is 0.283 e. The maximum absolute atomic E-state index is 11.9. The molecular formula is C12H18BrN3O. The van der Waals surface area contributed by atoms with Crippen LogP contribution in [-0.2, 0) is 6.54 Å². The molecule has 0 saturated carbocycles. The number of allylic oxidation sites excluding steroid dienone is 1. The molecule has 1 rings (SSSR count). The molecule has 0 aromatic carbocycles. The zero-order chi connectivity index (χ0) is 13.1. The van der Waals surface area contributed by atoms with E-state index in [0.717, 1.165) is 12.2 Å². The van der Waals surface area contributed by atoms with Crippen molar-refractivity contribution in [1.29, 1.82) is 0 Å². The zero-order valence-corrected chi connectivity index (χ0v) is 12.0. The van der Waals surface area contributed by atoms with Crippen molar-refractivity contribution >= 4 is 21.6 Å². The average Bonchev–Trinajstić information content (AvgIpc) is 2.23. The number of nitrogens with one attached hydrogen (secondary N) is 1. The van der Waals surface area contributed by atoms with Gasteiger partial charge in [-0.1, -0.05) is 26.8 Å². The minimum Gasteiger partial charge on any atom is -0.382 e. The monoisotopic (exact) mass is 299 g/mol. The molecule has 0 atom stereocenters. The number of rotatable bonds is 4. The van der Waals surface area contributed by atoms with E-state index in [9.17, 15) is 4.79 Å². The molecule has 0 spiro atoms. The molecule has 4 nitrogen and oxygen atoms in total. The molecule has 0 aliphatic heterocycles. The van der Waals surface area contributed by atoms with Gasteiger partial charge in [0.05, 0.1) is 18.4 Å². The van der Waals surface area contributed by atoms with Gasteiger partial charge in [0.15, 0.2) is 0 Å². The van der Waals surface area contributed by atoms with Crippen molar-refractivity contribution in [3.05, 3.63) is 33.7 Å². The highest BCUT2D eigenvalue weighted by Crippen LogP contribution is 2.19. The lowest BCUT2D eigenvalue weighted by molar-refractivity contribution is 0.442. The van der Waals surface area contributed by atoms with Gasteiger partial charge < -0.3 is 5.32 Å². The van der Waals surface area contributed by atoms with E-state index in [2.05, 4.69) is 53.7 Å². The van der Waals surface area contributed by atoms with Gasteiger partial charge in [-0.2, -0.15) is 5.10 Å². The van der Waals surface area contributed by atoms with Crippen molar-refractivity contribution in [3.8, 4) is 0 Å². The van der Waals surface area contributed by atoms with Crippen LogP contribution in [0.1, 0.15) is 20.8 Å². The fraction of sp³-hybridized carbons (Fsp3) is 0.500. The molecule has 0 aliphatic carbocycles. The molecule has 0 aliphatic rings. The number of nitrogens with zero attached hydrogens (tertiary/aromatic N) is 2. The highest BCUT2D eigenvalue weighted by atomic mass is 79.9. The van der Waals surface area contributed by atoms with Gasteiger partial charge in [-0.05, 0) is 21.3 Å². The maximum atomic E-state index is 11.9. The molecule has 1 N–H and O–H groups in total. The molecule has 1 heterocycles. The third-order valence-corrected chi connectivity index (χ3v) is 2.86. The zero-order valence-electron chi connectivity index (χ0n) is 10.5. The molecule has 17 heavy (non-hydrogen) atoms. The largest absolute Gasteiger partial charge is 0.382 e. The van der Waals surface area contributed by atoms with Gasteiger partial charge in [-0.25, -0.2) is 4.68 Å². The summed E-state index contributed by atoms with van der Waals surface area (Å²) in [5.74, 6) is 0. The van der Waals surface area contributed by atoms with E-state index >= 15 is 0 Å². The molecule has 0 radical (unpaired) electrons. The first-order chi connectivity index (χ1) is 7.85. The Bertz CT molecular complexity index is 460. The van der Waals surface area contributed by atoms with Crippen LogP contribution in [0.5, 0.6) is 0 Å². The van der Waals surface area contributed by atoms with Crippen molar-refractivity contribution in [3.63, 3.8) is 0 Å². The Balaban J connectivity index is 2.93. The van der Waals surface area contributed by atoms with Crippen LogP contribution >= 0.6 is 15.9 Å². The predicted octanol–water partition coefficient (Wildman–Crippen LogP) is 2.65. The summed E-state index contributed by atoms with van der Waals surface area (Å²) in [6.07, 6.45) is 3.30. The van der Waals surface area contributed by atoms with Crippen LogP contribution < -0.4 is 10.9 Å². The van der Waals surface area contributed by atoms with Gasteiger partial charge in [-0.3, -0.25) is 4.79 Å². The third-order valence-electron chi connectivity index (χ3n) is 2.10. The summed E-state index contributed by atoms with van der Waals surface area (Å²) in [5.41, 5.74) is 0.726. The van der Waals surface area contributed by atoms with Crippen LogP contribution in [0.4, 0.5) is 5.69 Å². The van der Waals surface area contributed by atoms with Gasteiger partial charge in [0, 0.05) is 6.54 Å². The van der Waals surface area contributed by atoms with Crippen LogP contribution in [0.3, 0.4) is 0 Å². The van der Waals surface area contributed by atoms with E-state index in [4.69, 9.17) is 0 Å². The van der Waals surface area contributed by atoms with Gasteiger partial charge in [0.1, 0.15) is 4.47 Å². The summed E-state index contributed by atoms with van der Waals surface area (Å²) in [6, 6.07) is 0. The molecule has 5 heteroatoms. The summed E-state index contributed by atoms with van der Waals surface area (Å²) in [7, 11) is 0. The van der Waals surface area contributed by atoms with E-state index in [0.29, 0.717) is 11.0 Å². The van der Waals surface area contributed by atoms with Crippen LogP contribution in [0.2, 0.25) is 0 Å². The topological polar surface area (TPSA) is 46.9 Å². The second-order valence-electron chi connectivity index (χ2n) is 5.06. The molecule has 94 valence electrons. The van der Waals surface area contributed by atoms with E-state index < -0.39 is 0 Å². The predicted molar refractivity (Wildman–Crippen MR) is 74.3 cm³/mol. The second kappa shape index (κ2) is 5.49. The molecule has 0 unspecified atom stereocenters. The summed E-state index contributed by atoms with van der Waals surface area (Å²) < 4.78 is 1.87. The number of aromatic nitrogens is 2. The number of hydrogen-bond donors (Lipinski definition) is 1. The minimum atomic E-state index is -0.149.